The fraction of sp³-hybridized carbons (Fsp3) is 0.318. The molecule has 2 N–H and O–H groups in total. The van der Waals surface area contributed by atoms with Gasteiger partial charge in [-0.2, -0.15) is 5.26 Å². The maximum atomic E-state index is 12.7. The third-order valence-corrected chi connectivity index (χ3v) is 5.54. The van der Waals surface area contributed by atoms with E-state index in [2.05, 4.69) is 10.6 Å². The van der Waals surface area contributed by atoms with Crippen LogP contribution >= 0.6 is 0 Å². The van der Waals surface area contributed by atoms with Crippen LogP contribution in [0.5, 0.6) is 0 Å². The molecule has 0 aliphatic carbocycles. The fourth-order valence-electron chi connectivity index (χ4n) is 2.93. The van der Waals surface area contributed by atoms with Crippen LogP contribution in [0.1, 0.15) is 30.6 Å². The summed E-state index contributed by atoms with van der Waals surface area (Å²) >= 11 is 0. The molecule has 2 rings (SSSR count). The SMILES string of the molecule is CC(C)C[C@H](NC(=O)c1cccc(-c2ccc(S(C)(=O)=O)cc2)c1)C(=O)NCC#N. The molecule has 0 aliphatic rings. The molecule has 0 radical (unpaired) electrons. The highest BCUT2D eigenvalue weighted by atomic mass is 32.2. The van der Waals surface area contributed by atoms with E-state index in [-0.39, 0.29) is 17.4 Å². The number of rotatable bonds is 8. The van der Waals surface area contributed by atoms with Gasteiger partial charge in [-0.05, 0) is 47.7 Å². The van der Waals surface area contributed by atoms with Crippen molar-refractivity contribution in [3.05, 3.63) is 54.1 Å². The zero-order valence-corrected chi connectivity index (χ0v) is 18.0. The molecule has 2 aromatic rings. The summed E-state index contributed by atoms with van der Waals surface area (Å²) in [7, 11) is -3.28. The first-order valence-corrected chi connectivity index (χ1v) is 11.4. The Morgan fingerprint density at radius 2 is 1.73 bits per heavy atom. The largest absolute Gasteiger partial charge is 0.341 e. The van der Waals surface area contributed by atoms with Crippen LogP contribution in [0, 0.1) is 17.2 Å². The number of nitrogens with one attached hydrogen (secondary N) is 2. The van der Waals surface area contributed by atoms with Crippen molar-refractivity contribution in [1.82, 2.24) is 10.6 Å². The standard InChI is InChI=1S/C22H25N3O4S/c1-15(2)13-20(22(27)24-12-11-23)25-21(26)18-6-4-5-17(14-18)16-7-9-19(10-8-16)30(3,28)29/h4-10,14-15,20H,12-13H2,1-3H3,(H,24,27)(H,25,26)/t20-/m0/s1. The molecular formula is C22H25N3O4S. The molecule has 0 bridgehead atoms. The second-order valence-corrected chi connectivity index (χ2v) is 9.42. The normalized spacial score (nSPS) is 12.1. The van der Waals surface area contributed by atoms with Crippen molar-refractivity contribution in [2.75, 3.05) is 12.8 Å². The number of carbonyl (C=O) groups excluding carboxylic acids is 2. The highest BCUT2D eigenvalue weighted by Crippen LogP contribution is 2.22. The molecule has 2 aromatic carbocycles. The molecule has 0 saturated carbocycles. The molecule has 0 aliphatic heterocycles. The van der Waals surface area contributed by atoms with Crippen LogP contribution < -0.4 is 10.6 Å². The number of hydrogen-bond donors (Lipinski definition) is 2. The summed E-state index contributed by atoms with van der Waals surface area (Å²) in [6, 6.07) is 14.4. The molecule has 158 valence electrons. The second kappa shape index (κ2) is 10.0. The minimum absolute atomic E-state index is 0.123. The zero-order chi connectivity index (χ0) is 22.3. The maximum Gasteiger partial charge on any atom is 0.251 e. The Labute approximate surface area is 177 Å². The lowest BCUT2D eigenvalue weighted by Crippen LogP contribution is -2.47. The summed E-state index contributed by atoms with van der Waals surface area (Å²) < 4.78 is 23.2. The van der Waals surface area contributed by atoms with Gasteiger partial charge in [0, 0.05) is 11.8 Å². The number of sulfone groups is 1. The van der Waals surface area contributed by atoms with E-state index < -0.39 is 27.7 Å². The van der Waals surface area contributed by atoms with Gasteiger partial charge >= 0.3 is 0 Å². The van der Waals surface area contributed by atoms with E-state index >= 15 is 0 Å². The second-order valence-electron chi connectivity index (χ2n) is 7.41. The van der Waals surface area contributed by atoms with Crippen molar-refractivity contribution >= 4 is 21.7 Å². The van der Waals surface area contributed by atoms with Gasteiger partial charge in [-0.25, -0.2) is 8.42 Å². The van der Waals surface area contributed by atoms with Gasteiger partial charge in [0.15, 0.2) is 9.84 Å². The highest BCUT2D eigenvalue weighted by molar-refractivity contribution is 7.90. The molecule has 7 nitrogen and oxygen atoms in total. The Kier molecular flexibility index (Phi) is 7.72. The molecular weight excluding hydrogens is 402 g/mol. The lowest BCUT2D eigenvalue weighted by molar-refractivity contribution is -0.123. The van der Waals surface area contributed by atoms with Gasteiger partial charge in [0.25, 0.3) is 5.91 Å². The average Bonchev–Trinajstić information content (AvgIpc) is 2.70. The summed E-state index contributed by atoms with van der Waals surface area (Å²) in [5.41, 5.74) is 1.89. The summed E-state index contributed by atoms with van der Waals surface area (Å²) in [5.74, 6) is -0.628. The molecule has 0 spiro atoms. The van der Waals surface area contributed by atoms with Gasteiger partial charge in [-0.1, -0.05) is 38.1 Å². The van der Waals surface area contributed by atoms with E-state index in [1.54, 1.807) is 30.3 Å². The summed E-state index contributed by atoms with van der Waals surface area (Å²) in [6.07, 6.45) is 1.59. The van der Waals surface area contributed by atoms with Crippen molar-refractivity contribution in [2.45, 2.75) is 31.2 Å². The predicted octanol–water partition coefficient (Wildman–Crippen LogP) is 2.54. The molecule has 0 saturated heterocycles. The van der Waals surface area contributed by atoms with E-state index in [4.69, 9.17) is 5.26 Å². The monoisotopic (exact) mass is 427 g/mol. The van der Waals surface area contributed by atoms with Crippen molar-refractivity contribution in [3.63, 3.8) is 0 Å². The molecule has 30 heavy (non-hydrogen) atoms. The molecule has 8 heteroatoms. The topological polar surface area (TPSA) is 116 Å². The molecule has 1 atom stereocenters. The van der Waals surface area contributed by atoms with E-state index in [0.717, 1.165) is 17.4 Å². The Morgan fingerprint density at radius 3 is 2.30 bits per heavy atom. The molecule has 0 unspecified atom stereocenters. The van der Waals surface area contributed by atoms with Crippen LogP contribution in [0.15, 0.2) is 53.4 Å². The van der Waals surface area contributed by atoms with Crippen LogP contribution in [-0.2, 0) is 14.6 Å². The van der Waals surface area contributed by atoms with Crippen LogP contribution in [0.4, 0.5) is 0 Å². The van der Waals surface area contributed by atoms with Gasteiger partial charge in [-0.3, -0.25) is 9.59 Å². The Morgan fingerprint density at radius 1 is 1.07 bits per heavy atom. The molecule has 2 amide bonds. The van der Waals surface area contributed by atoms with E-state index in [1.165, 1.54) is 12.1 Å². The van der Waals surface area contributed by atoms with Crippen LogP contribution in [0.2, 0.25) is 0 Å². The third kappa shape index (κ3) is 6.42. The number of benzene rings is 2. The quantitative estimate of drug-likeness (QED) is 0.628. The average molecular weight is 428 g/mol. The smallest absolute Gasteiger partial charge is 0.251 e. The van der Waals surface area contributed by atoms with E-state index in [9.17, 15) is 18.0 Å². The van der Waals surface area contributed by atoms with Crippen LogP contribution in [-0.4, -0.2) is 39.1 Å². The van der Waals surface area contributed by atoms with Gasteiger partial charge < -0.3 is 10.6 Å². The van der Waals surface area contributed by atoms with Gasteiger partial charge in [-0.15, -0.1) is 0 Å². The minimum atomic E-state index is -3.28. The summed E-state index contributed by atoms with van der Waals surface area (Å²) in [5, 5.41) is 13.9. The van der Waals surface area contributed by atoms with Gasteiger partial charge in [0.05, 0.1) is 11.0 Å². The van der Waals surface area contributed by atoms with Crippen molar-refractivity contribution in [3.8, 4) is 17.2 Å². The van der Waals surface area contributed by atoms with Crippen molar-refractivity contribution in [1.29, 1.82) is 5.26 Å². The van der Waals surface area contributed by atoms with Crippen LogP contribution in [0.25, 0.3) is 11.1 Å². The number of hydrogen-bond acceptors (Lipinski definition) is 5. The number of nitriles is 1. The lowest BCUT2D eigenvalue weighted by Gasteiger charge is -2.19. The number of amides is 2. The molecule has 0 aromatic heterocycles. The number of nitrogens with zero attached hydrogens (tertiary/aromatic N) is 1. The fourth-order valence-corrected chi connectivity index (χ4v) is 3.56. The lowest BCUT2D eigenvalue weighted by atomic mass is 10.0. The Hall–Kier alpha value is -3.18. The molecule has 0 fully saturated rings. The number of carbonyl (C=O) groups is 2. The van der Waals surface area contributed by atoms with E-state index in [1.807, 2.05) is 26.0 Å². The minimum Gasteiger partial charge on any atom is -0.341 e. The van der Waals surface area contributed by atoms with E-state index in [0.29, 0.717) is 12.0 Å². The first-order valence-electron chi connectivity index (χ1n) is 9.48. The van der Waals surface area contributed by atoms with Crippen LogP contribution in [0.3, 0.4) is 0 Å². The van der Waals surface area contributed by atoms with Crippen molar-refractivity contribution in [2.24, 2.45) is 5.92 Å². The maximum absolute atomic E-state index is 12.7. The highest BCUT2D eigenvalue weighted by Gasteiger charge is 2.22. The summed E-state index contributed by atoms with van der Waals surface area (Å²) in [6.45, 7) is 3.76. The Balaban J connectivity index is 2.22. The summed E-state index contributed by atoms with van der Waals surface area (Å²) in [4.78, 5) is 25.3. The molecule has 0 heterocycles. The zero-order valence-electron chi connectivity index (χ0n) is 17.2. The first kappa shape index (κ1) is 23.1. The van der Waals surface area contributed by atoms with Gasteiger partial charge in [0.2, 0.25) is 5.91 Å². The third-order valence-electron chi connectivity index (χ3n) is 4.41. The van der Waals surface area contributed by atoms with Crippen molar-refractivity contribution < 1.29 is 18.0 Å². The van der Waals surface area contributed by atoms with Gasteiger partial charge in [0.1, 0.15) is 12.6 Å². The Bertz CT molecular complexity index is 1050. The predicted molar refractivity (Wildman–Crippen MR) is 114 cm³/mol. The first-order chi connectivity index (χ1) is 14.1.